The minimum Gasteiger partial charge on any atom is -0.493 e. The molecule has 0 bridgehead atoms. The molecule has 0 atom stereocenters. The number of aryl methyl sites for hydroxylation is 2. The minimum absolute atomic E-state index is 0. The number of rotatable bonds is 5. The Labute approximate surface area is 183 Å². The summed E-state index contributed by atoms with van der Waals surface area (Å²) in [5.41, 5.74) is 3.75. The number of hydrogen-bond donors (Lipinski definition) is 1. The number of thiophene rings is 1. The molecule has 6 nitrogen and oxygen atoms in total. The van der Waals surface area contributed by atoms with Crippen molar-refractivity contribution in [1.82, 2.24) is 15.0 Å². The number of pyridine rings is 1. The quantitative estimate of drug-likeness (QED) is 0.429. The van der Waals surface area contributed by atoms with Crippen LogP contribution in [0.4, 0.5) is 5.82 Å². The Morgan fingerprint density at radius 1 is 1.10 bits per heavy atom. The van der Waals surface area contributed by atoms with Gasteiger partial charge in [-0.15, -0.1) is 23.7 Å². The van der Waals surface area contributed by atoms with Gasteiger partial charge >= 0.3 is 0 Å². The van der Waals surface area contributed by atoms with Crippen LogP contribution >= 0.6 is 35.3 Å². The number of aromatic nitrogens is 3. The van der Waals surface area contributed by atoms with Gasteiger partial charge in [-0.3, -0.25) is 0 Å². The summed E-state index contributed by atoms with van der Waals surface area (Å²) in [5, 5.41) is 5.08. The van der Waals surface area contributed by atoms with Crippen LogP contribution in [-0.4, -0.2) is 29.2 Å². The summed E-state index contributed by atoms with van der Waals surface area (Å²) >= 11 is 7.98. The Balaban J connectivity index is 0.00000240. The molecule has 0 aliphatic heterocycles. The molecule has 0 saturated heterocycles. The lowest BCUT2D eigenvalue weighted by Crippen LogP contribution is -2.02. The number of ether oxygens (including phenoxy) is 2. The second-order valence-corrected chi connectivity index (χ2v) is 7.74. The van der Waals surface area contributed by atoms with Crippen molar-refractivity contribution in [2.75, 3.05) is 19.5 Å². The largest absolute Gasteiger partial charge is 0.493 e. The zero-order valence-corrected chi connectivity index (χ0v) is 18.8. The molecule has 1 N–H and O–H groups in total. The monoisotopic (exact) mass is 450 g/mol. The van der Waals surface area contributed by atoms with E-state index in [0.29, 0.717) is 23.1 Å². The average molecular weight is 451 g/mol. The summed E-state index contributed by atoms with van der Waals surface area (Å²) in [6, 6.07) is 5.83. The Bertz CT molecular complexity index is 1200. The van der Waals surface area contributed by atoms with E-state index in [1.54, 1.807) is 31.9 Å². The molecule has 0 saturated carbocycles. The van der Waals surface area contributed by atoms with Crippen LogP contribution in [0.25, 0.3) is 20.4 Å². The molecule has 4 aromatic rings. The van der Waals surface area contributed by atoms with Gasteiger partial charge in [-0.25, -0.2) is 15.0 Å². The van der Waals surface area contributed by atoms with E-state index >= 15 is 0 Å². The summed E-state index contributed by atoms with van der Waals surface area (Å²) < 4.78 is 11.6. The highest BCUT2D eigenvalue weighted by molar-refractivity contribution is 7.26. The molecular formula is C20H20Cl2N4O2S. The van der Waals surface area contributed by atoms with Crippen molar-refractivity contribution in [1.29, 1.82) is 0 Å². The van der Waals surface area contributed by atoms with Gasteiger partial charge < -0.3 is 14.8 Å². The third-order valence-electron chi connectivity index (χ3n) is 4.65. The number of hydrogen-bond acceptors (Lipinski definition) is 7. The number of nitrogens with one attached hydrogen (secondary N) is 1. The zero-order chi connectivity index (χ0) is 19.8. The van der Waals surface area contributed by atoms with E-state index in [-0.39, 0.29) is 12.4 Å². The third-order valence-corrected chi connectivity index (χ3v) is 6.29. The summed E-state index contributed by atoms with van der Waals surface area (Å²) in [5.74, 6) is 2.17. The second kappa shape index (κ2) is 8.57. The molecule has 3 aromatic heterocycles. The molecule has 152 valence electrons. The minimum atomic E-state index is 0. The van der Waals surface area contributed by atoms with Crippen LogP contribution in [0.3, 0.4) is 0 Å². The fourth-order valence-corrected chi connectivity index (χ4v) is 4.54. The Kier molecular flexibility index (Phi) is 6.31. The van der Waals surface area contributed by atoms with Crippen molar-refractivity contribution in [2.24, 2.45) is 0 Å². The fraction of sp³-hybridized carbons (Fsp3) is 0.250. The molecule has 0 radical (unpaired) electrons. The molecule has 0 spiro atoms. The molecule has 9 heteroatoms. The molecule has 3 heterocycles. The maximum absolute atomic E-state index is 6.41. The van der Waals surface area contributed by atoms with Gasteiger partial charge in [-0.1, -0.05) is 17.7 Å². The smallest absolute Gasteiger partial charge is 0.161 e. The van der Waals surface area contributed by atoms with Crippen LogP contribution in [0.2, 0.25) is 5.02 Å². The average Bonchev–Trinajstić information content (AvgIpc) is 3.09. The fourth-order valence-electron chi connectivity index (χ4n) is 3.20. The van der Waals surface area contributed by atoms with Gasteiger partial charge in [0.25, 0.3) is 0 Å². The van der Waals surface area contributed by atoms with Gasteiger partial charge in [-0.2, -0.15) is 0 Å². The van der Waals surface area contributed by atoms with Gasteiger partial charge in [-0.05, 0) is 37.1 Å². The molecule has 1 aromatic carbocycles. The third kappa shape index (κ3) is 3.77. The van der Waals surface area contributed by atoms with E-state index in [0.717, 1.165) is 43.1 Å². The molecule has 0 aliphatic rings. The van der Waals surface area contributed by atoms with Gasteiger partial charge in [0.15, 0.2) is 11.5 Å². The SMILES string of the molecule is COc1ccc(CNc2ncnc3c2sc2nc(C)c(Cl)c(C)c23)cc1OC.Cl. The lowest BCUT2D eigenvalue weighted by molar-refractivity contribution is 0.354. The zero-order valence-electron chi connectivity index (χ0n) is 16.4. The lowest BCUT2D eigenvalue weighted by atomic mass is 10.1. The number of anilines is 1. The summed E-state index contributed by atoms with van der Waals surface area (Å²) in [4.78, 5) is 14.5. The van der Waals surface area contributed by atoms with Crippen molar-refractivity contribution >= 4 is 61.6 Å². The van der Waals surface area contributed by atoms with E-state index < -0.39 is 0 Å². The van der Waals surface area contributed by atoms with Crippen molar-refractivity contribution in [3.05, 3.63) is 46.4 Å². The highest BCUT2D eigenvalue weighted by atomic mass is 35.5. The normalized spacial score (nSPS) is 10.8. The first-order valence-electron chi connectivity index (χ1n) is 8.68. The van der Waals surface area contributed by atoms with Crippen LogP contribution < -0.4 is 14.8 Å². The number of nitrogens with zero attached hydrogens (tertiary/aromatic N) is 3. The van der Waals surface area contributed by atoms with Crippen LogP contribution in [0.1, 0.15) is 16.8 Å². The van der Waals surface area contributed by atoms with Gasteiger partial charge in [0.05, 0.1) is 35.2 Å². The first-order chi connectivity index (χ1) is 13.5. The van der Waals surface area contributed by atoms with Crippen LogP contribution in [0, 0.1) is 13.8 Å². The molecule has 4 rings (SSSR count). The highest BCUT2D eigenvalue weighted by Gasteiger charge is 2.17. The van der Waals surface area contributed by atoms with E-state index in [2.05, 4.69) is 20.3 Å². The van der Waals surface area contributed by atoms with Crippen LogP contribution in [0.5, 0.6) is 11.5 Å². The number of methoxy groups -OCH3 is 2. The van der Waals surface area contributed by atoms with E-state index in [4.69, 9.17) is 21.1 Å². The second-order valence-electron chi connectivity index (χ2n) is 6.36. The van der Waals surface area contributed by atoms with Gasteiger partial charge in [0.2, 0.25) is 0 Å². The van der Waals surface area contributed by atoms with Gasteiger partial charge in [0, 0.05) is 11.9 Å². The Morgan fingerprint density at radius 3 is 2.59 bits per heavy atom. The first-order valence-corrected chi connectivity index (χ1v) is 9.87. The molecule has 0 amide bonds. The summed E-state index contributed by atoms with van der Waals surface area (Å²) in [6.45, 7) is 4.51. The Hall–Kier alpha value is -2.35. The predicted octanol–water partition coefficient (Wildman–Crippen LogP) is 5.56. The number of halogens is 2. The van der Waals surface area contributed by atoms with E-state index in [1.807, 2.05) is 32.0 Å². The van der Waals surface area contributed by atoms with Crippen molar-refractivity contribution < 1.29 is 9.47 Å². The molecule has 29 heavy (non-hydrogen) atoms. The van der Waals surface area contributed by atoms with Crippen molar-refractivity contribution in [3.63, 3.8) is 0 Å². The molecule has 0 aliphatic carbocycles. The van der Waals surface area contributed by atoms with E-state index in [9.17, 15) is 0 Å². The van der Waals surface area contributed by atoms with E-state index in [1.165, 1.54) is 0 Å². The first kappa shape index (κ1) is 21.4. The maximum Gasteiger partial charge on any atom is 0.161 e. The number of benzene rings is 1. The Morgan fingerprint density at radius 2 is 1.86 bits per heavy atom. The molecular weight excluding hydrogens is 431 g/mol. The topological polar surface area (TPSA) is 69.2 Å². The molecule has 0 fully saturated rings. The highest BCUT2D eigenvalue weighted by Crippen LogP contribution is 2.39. The summed E-state index contributed by atoms with van der Waals surface area (Å²) in [6.07, 6.45) is 1.57. The van der Waals surface area contributed by atoms with Gasteiger partial charge in [0.1, 0.15) is 17.0 Å². The van der Waals surface area contributed by atoms with Crippen molar-refractivity contribution in [2.45, 2.75) is 20.4 Å². The lowest BCUT2D eigenvalue weighted by Gasteiger charge is -2.11. The maximum atomic E-state index is 6.41. The summed E-state index contributed by atoms with van der Waals surface area (Å²) in [7, 11) is 3.25. The number of fused-ring (bicyclic) bond motifs is 3. The van der Waals surface area contributed by atoms with Crippen molar-refractivity contribution in [3.8, 4) is 11.5 Å². The standard InChI is InChI=1S/C20H19ClN4O2S.ClH/c1-10-15-17-18(28-20(15)25-11(2)16(10)21)19(24-9-23-17)22-8-12-5-6-13(26-3)14(7-12)27-4;/h5-7,9H,8H2,1-4H3,(H,22,23,24);1H. The van der Waals surface area contributed by atoms with Crippen LogP contribution in [-0.2, 0) is 6.54 Å². The predicted molar refractivity (Wildman–Crippen MR) is 121 cm³/mol. The molecule has 0 unspecified atom stereocenters. The van der Waals surface area contributed by atoms with Crippen LogP contribution in [0.15, 0.2) is 24.5 Å².